The van der Waals surface area contributed by atoms with E-state index < -0.39 is 0 Å². The number of rotatable bonds is 4. The zero-order chi connectivity index (χ0) is 14.7. The van der Waals surface area contributed by atoms with E-state index in [1.165, 1.54) is 0 Å². The molecule has 20 heavy (non-hydrogen) atoms. The van der Waals surface area contributed by atoms with Crippen LogP contribution < -0.4 is 9.47 Å². The molecule has 0 spiro atoms. The highest BCUT2D eigenvalue weighted by Crippen LogP contribution is 2.41. The van der Waals surface area contributed by atoms with Crippen LogP contribution in [0.3, 0.4) is 0 Å². The minimum Gasteiger partial charge on any atom is -0.493 e. The first-order valence-electron chi connectivity index (χ1n) is 5.88. The maximum absolute atomic E-state index is 6.58. The Labute approximate surface area is 142 Å². The third-order valence-corrected chi connectivity index (χ3v) is 4.73. The number of methoxy groups -OCH3 is 2. The number of alkyl halides is 1. The number of hydrogen-bond donors (Lipinski definition) is 0. The van der Waals surface area contributed by atoms with Crippen LogP contribution in [-0.2, 0) is 0 Å². The van der Waals surface area contributed by atoms with Crippen LogP contribution in [0.5, 0.6) is 11.5 Å². The fourth-order valence-electron chi connectivity index (χ4n) is 1.91. The van der Waals surface area contributed by atoms with Crippen LogP contribution in [0.2, 0.25) is 5.02 Å². The van der Waals surface area contributed by atoms with Crippen LogP contribution in [0.1, 0.15) is 16.5 Å². The van der Waals surface area contributed by atoms with Crippen LogP contribution in [0.4, 0.5) is 0 Å². The molecule has 0 aliphatic rings. The second-order valence-electron chi connectivity index (χ2n) is 4.11. The van der Waals surface area contributed by atoms with Crippen molar-refractivity contribution in [1.82, 2.24) is 0 Å². The molecule has 0 amide bonds. The summed E-state index contributed by atoms with van der Waals surface area (Å²) in [5.41, 5.74) is 1.82. The van der Waals surface area contributed by atoms with Crippen molar-refractivity contribution in [3.8, 4) is 11.5 Å². The van der Waals surface area contributed by atoms with E-state index in [0.717, 1.165) is 14.7 Å². The topological polar surface area (TPSA) is 18.5 Å². The van der Waals surface area contributed by atoms with Crippen molar-refractivity contribution in [2.45, 2.75) is 5.38 Å². The molecule has 0 aliphatic carbocycles. The fourth-order valence-corrected chi connectivity index (χ4v) is 3.48. The van der Waals surface area contributed by atoms with Gasteiger partial charge in [0.15, 0.2) is 11.5 Å². The van der Waals surface area contributed by atoms with Crippen LogP contribution in [0.15, 0.2) is 36.4 Å². The van der Waals surface area contributed by atoms with Gasteiger partial charge in [-0.15, -0.1) is 11.6 Å². The first-order chi connectivity index (χ1) is 9.58. The molecule has 0 saturated heterocycles. The van der Waals surface area contributed by atoms with Crippen molar-refractivity contribution >= 4 is 45.8 Å². The van der Waals surface area contributed by atoms with Gasteiger partial charge in [-0.05, 0) is 45.9 Å². The van der Waals surface area contributed by atoms with Gasteiger partial charge in [-0.3, -0.25) is 0 Å². The van der Waals surface area contributed by atoms with Crippen molar-refractivity contribution in [1.29, 1.82) is 0 Å². The Kier molecular flexibility index (Phi) is 5.41. The van der Waals surface area contributed by atoms with E-state index in [2.05, 4.69) is 22.6 Å². The highest BCUT2D eigenvalue weighted by molar-refractivity contribution is 14.1. The van der Waals surface area contributed by atoms with E-state index in [0.29, 0.717) is 16.5 Å². The molecule has 0 fully saturated rings. The molecule has 0 radical (unpaired) electrons. The lowest BCUT2D eigenvalue weighted by molar-refractivity contribution is 0.354. The lowest BCUT2D eigenvalue weighted by Gasteiger charge is -2.16. The van der Waals surface area contributed by atoms with Crippen molar-refractivity contribution in [2.24, 2.45) is 0 Å². The Morgan fingerprint density at radius 3 is 2.20 bits per heavy atom. The van der Waals surface area contributed by atoms with E-state index in [4.69, 9.17) is 32.7 Å². The van der Waals surface area contributed by atoms with Gasteiger partial charge >= 0.3 is 0 Å². The third-order valence-electron chi connectivity index (χ3n) is 2.95. The van der Waals surface area contributed by atoms with Crippen molar-refractivity contribution in [3.63, 3.8) is 0 Å². The van der Waals surface area contributed by atoms with E-state index in [1.807, 2.05) is 30.3 Å². The summed E-state index contributed by atoms with van der Waals surface area (Å²) >= 11 is 15.2. The quantitative estimate of drug-likeness (QED) is 0.492. The fraction of sp³-hybridized carbons (Fsp3) is 0.200. The summed E-state index contributed by atoms with van der Waals surface area (Å²) in [6, 6.07) is 11.5. The second-order valence-corrected chi connectivity index (χ2v) is 6.12. The molecule has 1 unspecified atom stereocenters. The normalized spacial score (nSPS) is 12.1. The van der Waals surface area contributed by atoms with Crippen LogP contribution >= 0.6 is 45.8 Å². The molecule has 1 atom stereocenters. The molecular formula is C15H13Cl2IO2. The molecule has 2 aromatic carbocycles. The lowest BCUT2D eigenvalue weighted by Crippen LogP contribution is -1.99. The first kappa shape index (κ1) is 15.7. The van der Waals surface area contributed by atoms with E-state index >= 15 is 0 Å². The summed E-state index contributed by atoms with van der Waals surface area (Å²) < 4.78 is 11.6. The Hall–Kier alpha value is -0.650. The standard InChI is InChI=1S/C15H13Cl2IO2/c1-19-13-7-10(11(16)8-14(13)20-2)15(17)9-5-3-4-6-12(9)18/h3-8,15H,1-2H3. The van der Waals surface area contributed by atoms with Crippen LogP contribution in [-0.4, -0.2) is 14.2 Å². The van der Waals surface area contributed by atoms with Gasteiger partial charge in [0.25, 0.3) is 0 Å². The predicted octanol–water partition coefficient (Wildman–Crippen LogP) is 5.29. The smallest absolute Gasteiger partial charge is 0.162 e. The Morgan fingerprint density at radius 1 is 1.00 bits per heavy atom. The number of hydrogen-bond acceptors (Lipinski definition) is 2. The molecule has 2 rings (SSSR count). The van der Waals surface area contributed by atoms with Gasteiger partial charge in [0.1, 0.15) is 0 Å². The van der Waals surface area contributed by atoms with Crippen molar-refractivity contribution in [3.05, 3.63) is 56.1 Å². The monoisotopic (exact) mass is 422 g/mol. The second kappa shape index (κ2) is 6.87. The average Bonchev–Trinajstić information content (AvgIpc) is 2.46. The zero-order valence-corrected chi connectivity index (χ0v) is 14.7. The maximum Gasteiger partial charge on any atom is 0.162 e. The summed E-state index contributed by atoms with van der Waals surface area (Å²) in [5.74, 6) is 1.20. The third kappa shape index (κ3) is 3.15. The summed E-state index contributed by atoms with van der Waals surface area (Å²) in [7, 11) is 3.16. The van der Waals surface area contributed by atoms with Gasteiger partial charge in [-0.25, -0.2) is 0 Å². The molecule has 0 saturated carbocycles. The largest absolute Gasteiger partial charge is 0.493 e. The summed E-state index contributed by atoms with van der Waals surface area (Å²) in [6.45, 7) is 0. The lowest BCUT2D eigenvalue weighted by atomic mass is 10.0. The minimum atomic E-state index is -0.338. The molecule has 2 nitrogen and oxygen atoms in total. The van der Waals surface area contributed by atoms with Crippen molar-refractivity contribution < 1.29 is 9.47 Å². The van der Waals surface area contributed by atoms with Gasteiger partial charge in [-0.2, -0.15) is 0 Å². The zero-order valence-electron chi connectivity index (χ0n) is 11.0. The van der Waals surface area contributed by atoms with Crippen LogP contribution in [0, 0.1) is 3.57 Å². The number of benzene rings is 2. The molecule has 2 aromatic rings. The molecule has 5 heteroatoms. The summed E-state index contributed by atoms with van der Waals surface area (Å²) in [4.78, 5) is 0. The first-order valence-corrected chi connectivity index (χ1v) is 7.77. The Bertz CT molecular complexity index is 617. The number of ether oxygens (including phenoxy) is 2. The molecule has 0 N–H and O–H groups in total. The molecule has 0 heterocycles. The molecule has 106 valence electrons. The average molecular weight is 423 g/mol. The molecule has 0 aromatic heterocycles. The summed E-state index contributed by atoms with van der Waals surface area (Å²) in [5, 5.41) is 0.220. The maximum atomic E-state index is 6.58. The minimum absolute atomic E-state index is 0.338. The summed E-state index contributed by atoms with van der Waals surface area (Å²) in [6.07, 6.45) is 0. The van der Waals surface area contributed by atoms with E-state index in [-0.39, 0.29) is 5.38 Å². The van der Waals surface area contributed by atoms with E-state index in [1.54, 1.807) is 20.3 Å². The molecular weight excluding hydrogens is 410 g/mol. The van der Waals surface area contributed by atoms with Crippen LogP contribution in [0.25, 0.3) is 0 Å². The van der Waals surface area contributed by atoms with Crippen molar-refractivity contribution in [2.75, 3.05) is 14.2 Å². The highest BCUT2D eigenvalue weighted by atomic mass is 127. The Morgan fingerprint density at radius 2 is 1.60 bits per heavy atom. The number of halogens is 3. The van der Waals surface area contributed by atoms with Gasteiger partial charge in [0.05, 0.1) is 19.6 Å². The molecule has 0 aliphatic heterocycles. The highest BCUT2D eigenvalue weighted by Gasteiger charge is 2.19. The van der Waals surface area contributed by atoms with E-state index in [9.17, 15) is 0 Å². The predicted molar refractivity (Wildman–Crippen MR) is 91.4 cm³/mol. The van der Waals surface area contributed by atoms with Gasteiger partial charge in [0, 0.05) is 14.7 Å². The van der Waals surface area contributed by atoms with Gasteiger partial charge in [0.2, 0.25) is 0 Å². The molecule has 0 bridgehead atoms. The van der Waals surface area contributed by atoms with Gasteiger partial charge in [-0.1, -0.05) is 29.8 Å². The SMILES string of the molecule is COc1cc(Cl)c(C(Cl)c2ccccc2I)cc1OC. The van der Waals surface area contributed by atoms with Gasteiger partial charge < -0.3 is 9.47 Å². The Balaban J connectivity index is 2.50.